The summed E-state index contributed by atoms with van der Waals surface area (Å²) in [5, 5.41) is 11.2. The number of halogens is 1. The molecule has 5 rings (SSSR count). The van der Waals surface area contributed by atoms with E-state index in [1.54, 1.807) is 30.3 Å². The lowest BCUT2D eigenvalue weighted by molar-refractivity contribution is -0.132. The van der Waals surface area contributed by atoms with Crippen LogP contribution in [0.5, 0.6) is 17.2 Å². The van der Waals surface area contributed by atoms with Crippen molar-refractivity contribution in [3.63, 3.8) is 0 Å². The lowest BCUT2D eigenvalue weighted by atomic mass is 9.95. The van der Waals surface area contributed by atoms with Crippen LogP contribution in [-0.4, -0.2) is 35.7 Å². The summed E-state index contributed by atoms with van der Waals surface area (Å²) in [7, 11) is 1.36. The van der Waals surface area contributed by atoms with E-state index in [9.17, 15) is 19.1 Å². The van der Waals surface area contributed by atoms with Gasteiger partial charge in [0, 0.05) is 24.1 Å². The number of rotatable bonds is 4. The van der Waals surface area contributed by atoms with Gasteiger partial charge in [0.15, 0.2) is 11.5 Å². The smallest absolute Gasteiger partial charge is 0.300 e. The van der Waals surface area contributed by atoms with Gasteiger partial charge in [-0.2, -0.15) is 0 Å². The van der Waals surface area contributed by atoms with Crippen molar-refractivity contribution in [3.05, 3.63) is 83.4 Å². The zero-order valence-corrected chi connectivity index (χ0v) is 17.3. The highest BCUT2D eigenvalue weighted by atomic mass is 19.1. The molecule has 1 fully saturated rings. The number of hydrogen-bond acceptors (Lipinski definition) is 7. The van der Waals surface area contributed by atoms with Crippen molar-refractivity contribution >= 4 is 23.1 Å². The van der Waals surface area contributed by atoms with Gasteiger partial charge in [0.1, 0.15) is 17.3 Å². The van der Waals surface area contributed by atoms with Crippen LogP contribution in [0.2, 0.25) is 0 Å². The van der Waals surface area contributed by atoms with E-state index in [1.807, 2.05) is 0 Å². The summed E-state index contributed by atoms with van der Waals surface area (Å²) in [5.41, 5.74) is 0.653. The van der Waals surface area contributed by atoms with E-state index in [-0.39, 0.29) is 23.7 Å². The Hall–Kier alpha value is -4.40. The minimum absolute atomic E-state index is 0.0414. The molecule has 1 atom stereocenters. The van der Waals surface area contributed by atoms with Gasteiger partial charge in [-0.15, -0.1) is 0 Å². The van der Waals surface area contributed by atoms with Gasteiger partial charge in [-0.25, -0.2) is 4.39 Å². The first-order chi connectivity index (χ1) is 16.0. The number of aromatic nitrogens is 1. The maximum atomic E-state index is 14.0. The lowest BCUT2D eigenvalue weighted by Crippen LogP contribution is -2.29. The minimum Gasteiger partial charge on any atom is -0.507 e. The number of aliphatic hydroxyl groups excluding tert-OH is 1. The molecule has 33 heavy (non-hydrogen) atoms. The third kappa shape index (κ3) is 3.34. The summed E-state index contributed by atoms with van der Waals surface area (Å²) in [6, 6.07) is 10.7. The zero-order chi connectivity index (χ0) is 23.1. The predicted octanol–water partition coefficient (Wildman–Crippen LogP) is 3.58. The molecule has 3 aromatic rings. The van der Waals surface area contributed by atoms with E-state index in [0.717, 1.165) is 6.07 Å². The number of carbonyl (C=O) groups is 2. The second kappa shape index (κ2) is 7.94. The summed E-state index contributed by atoms with van der Waals surface area (Å²) < 4.78 is 30.0. The van der Waals surface area contributed by atoms with Crippen LogP contribution < -0.4 is 19.1 Å². The Balaban J connectivity index is 1.73. The molecule has 0 radical (unpaired) electrons. The number of benzene rings is 2. The molecular weight excluding hydrogens is 431 g/mol. The van der Waals surface area contributed by atoms with Gasteiger partial charge in [-0.3, -0.25) is 19.5 Å². The van der Waals surface area contributed by atoms with Crippen LogP contribution >= 0.6 is 0 Å². The Kier molecular flexibility index (Phi) is 4.93. The molecule has 2 aromatic carbocycles. The number of fused-ring (bicyclic) bond motifs is 1. The first kappa shape index (κ1) is 20.5. The molecule has 2 aliphatic heterocycles. The topological polar surface area (TPSA) is 98.2 Å². The third-order valence-electron chi connectivity index (χ3n) is 5.52. The lowest BCUT2D eigenvalue weighted by Gasteiger charge is -2.25. The van der Waals surface area contributed by atoms with Crippen molar-refractivity contribution in [1.29, 1.82) is 0 Å². The van der Waals surface area contributed by atoms with Crippen LogP contribution in [0.25, 0.3) is 5.76 Å². The van der Waals surface area contributed by atoms with Crippen LogP contribution in [0.1, 0.15) is 17.2 Å². The molecule has 166 valence electrons. The van der Waals surface area contributed by atoms with E-state index in [1.165, 1.54) is 36.5 Å². The number of amides is 1. The maximum absolute atomic E-state index is 14.0. The summed E-state index contributed by atoms with van der Waals surface area (Å²) in [6.45, 7) is 0.0464. The van der Waals surface area contributed by atoms with E-state index in [0.29, 0.717) is 22.7 Å². The van der Waals surface area contributed by atoms with Gasteiger partial charge in [-0.05, 0) is 48.0 Å². The zero-order valence-electron chi connectivity index (χ0n) is 17.3. The Morgan fingerprint density at radius 3 is 2.61 bits per heavy atom. The van der Waals surface area contributed by atoms with Crippen molar-refractivity contribution < 1.29 is 33.3 Å². The third-order valence-corrected chi connectivity index (χ3v) is 5.52. The molecule has 0 bridgehead atoms. The standard InChI is InChI=1S/C24H17FN2O6/c1-31-17-4-2-14(25)10-16(17)22(28)20-21(13-6-8-26-9-7-13)27(24(30)23(20)29)15-3-5-18-19(11-15)33-12-32-18/h2-11,21,28H,12H2,1H3/b22-20+. The van der Waals surface area contributed by atoms with Gasteiger partial charge in [-0.1, -0.05) is 0 Å². The second-order valence-corrected chi connectivity index (χ2v) is 7.33. The average Bonchev–Trinajstić information content (AvgIpc) is 3.41. The van der Waals surface area contributed by atoms with Gasteiger partial charge in [0.2, 0.25) is 6.79 Å². The summed E-state index contributed by atoms with van der Waals surface area (Å²) in [6.07, 6.45) is 3.02. The van der Waals surface area contributed by atoms with Crippen molar-refractivity contribution in [1.82, 2.24) is 4.98 Å². The molecule has 0 aliphatic carbocycles. The Morgan fingerprint density at radius 2 is 1.85 bits per heavy atom. The van der Waals surface area contributed by atoms with Gasteiger partial charge in [0.25, 0.3) is 11.7 Å². The van der Waals surface area contributed by atoms with Crippen molar-refractivity contribution in [2.75, 3.05) is 18.8 Å². The molecule has 1 aromatic heterocycles. The monoisotopic (exact) mass is 448 g/mol. The highest BCUT2D eigenvalue weighted by Gasteiger charge is 2.47. The Labute approximate surface area is 187 Å². The van der Waals surface area contributed by atoms with E-state index < -0.39 is 29.3 Å². The second-order valence-electron chi connectivity index (χ2n) is 7.33. The van der Waals surface area contributed by atoms with Gasteiger partial charge in [0.05, 0.1) is 24.3 Å². The molecule has 9 heteroatoms. The van der Waals surface area contributed by atoms with Crippen LogP contribution in [0, 0.1) is 5.82 Å². The molecule has 0 saturated carbocycles. The van der Waals surface area contributed by atoms with Crippen molar-refractivity contribution in [3.8, 4) is 17.2 Å². The van der Waals surface area contributed by atoms with E-state index in [2.05, 4.69) is 4.98 Å². The van der Waals surface area contributed by atoms with E-state index >= 15 is 0 Å². The Morgan fingerprint density at radius 1 is 1.09 bits per heavy atom. The maximum Gasteiger partial charge on any atom is 0.300 e. The molecule has 2 aliphatic rings. The fourth-order valence-corrected chi connectivity index (χ4v) is 4.01. The normalized spacial score (nSPS) is 18.6. The molecule has 3 heterocycles. The van der Waals surface area contributed by atoms with Crippen molar-refractivity contribution in [2.45, 2.75) is 6.04 Å². The van der Waals surface area contributed by atoms with E-state index in [4.69, 9.17) is 14.2 Å². The average molecular weight is 448 g/mol. The highest BCUT2D eigenvalue weighted by Crippen LogP contribution is 2.45. The molecular formula is C24H17FN2O6. The minimum atomic E-state index is -0.999. The fourth-order valence-electron chi connectivity index (χ4n) is 4.01. The SMILES string of the molecule is COc1ccc(F)cc1/C(O)=C1\C(=O)C(=O)N(c2ccc3c(c2)OCO3)C1c1ccncc1. The number of ketones is 1. The number of nitrogens with zero attached hydrogens (tertiary/aromatic N) is 2. The number of ether oxygens (including phenoxy) is 3. The number of anilines is 1. The summed E-state index contributed by atoms with van der Waals surface area (Å²) in [5.74, 6) is -1.87. The molecule has 1 saturated heterocycles. The van der Waals surface area contributed by atoms with Crippen LogP contribution in [0.3, 0.4) is 0 Å². The number of aliphatic hydroxyl groups is 1. The number of pyridine rings is 1. The summed E-state index contributed by atoms with van der Waals surface area (Å²) >= 11 is 0. The van der Waals surface area contributed by atoms with Crippen LogP contribution in [0.4, 0.5) is 10.1 Å². The van der Waals surface area contributed by atoms with Crippen LogP contribution in [-0.2, 0) is 9.59 Å². The molecule has 0 spiro atoms. The predicted molar refractivity (Wildman–Crippen MR) is 115 cm³/mol. The number of hydrogen-bond donors (Lipinski definition) is 1. The van der Waals surface area contributed by atoms with Crippen LogP contribution in [0.15, 0.2) is 66.5 Å². The summed E-state index contributed by atoms with van der Waals surface area (Å²) in [4.78, 5) is 31.6. The molecule has 1 unspecified atom stereocenters. The Bertz CT molecular complexity index is 1310. The van der Waals surface area contributed by atoms with Gasteiger partial charge < -0.3 is 19.3 Å². The van der Waals surface area contributed by atoms with Gasteiger partial charge >= 0.3 is 0 Å². The van der Waals surface area contributed by atoms with Crippen molar-refractivity contribution in [2.24, 2.45) is 0 Å². The first-order valence-corrected chi connectivity index (χ1v) is 9.94. The largest absolute Gasteiger partial charge is 0.507 e. The first-order valence-electron chi connectivity index (χ1n) is 9.94. The number of Topliss-reactive ketones (excluding diaryl/α,β-unsaturated/α-hetero) is 1. The molecule has 1 amide bonds. The molecule has 1 N–H and O–H groups in total. The number of methoxy groups -OCH3 is 1. The fraction of sp³-hybridized carbons (Fsp3) is 0.125. The number of carbonyl (C=O) groups excluding carboxylic acids is 2. The molecule has 8 nitrogen and oxygen atoms in total. The highest BCUT2D eigenvalue weighted by molar-refractivity contribution is 6.51. The quantitative estimate of drug-likeness (QED) is 0.370.